The van der Waals surface area contributed by atoms with Crippen molar-refractivity contribution in [3.05, 3.63) is 24.3 Å². The van der Waals surface area contributed by atoms with Gasteiger partial charge in [-0.1, -0.05) is 0 Å². The number of hydrogen-bond donors (Lipinski definition) is 0. The minimum absolute atomic E-state index is 0. The van der Waals surface area contributed by atoms with Gasteiger partial charge in [-0.25, -0.2) is 0 Å². The summed E-state index contributed by atoms with van der Waals surface area (Å²) in [5, 5.41) is 0. The molecular weight excluding hydrogens is 232 g/mol. The van der Waals surface area contributed by atoms with E-state index in [1.807, 2.05) is 46.0 Å². The summed E-state index contributed by atoms with van der Waals surface area (Å²) in [4.78, 5) is 0. The van der Waals surface area contributed by atoms with Gasteiger partial charge in [0.15, 0.2) is 0 Å². The Morgan fingerprint density at radius 1 is 1.25 bits per heavy atom. The Labute approximate surface area is 95.5 Å². The SMILES string of the molecule is COCOc1cc[c]([Mg+])cc1.[Br-]. The molecule has 0 heterocycles. The maximum Gasteiger partial charge on any atom is -1.00 e. The summed E-state index contributed by atoms with van der Waals surface area (Å²) in [5.74, 6) is 0.849. The zero-order chi connectivity index (χ0) is 8.10. The van der Waals surface area contributed by atoms with E-state index in [1.165, 1.54) is 3.69 Å². The van der Waals surface area contributed by atoms with Gasteiger partial charge in [-0.3, -0.25) is 0 Å². The minimum Gasteiger partial charge on any atom is -1.00 e. The molecule has 0 N–H and O–H groups in total. The number of hydrogen-bond acceptors (Lipinski definition) is 2. The molecule has 0 aliphatic heterocycles. The topological polar surface area (TPSA) is 18.5 Å². The summed E-state index contributed by atoms with van der Waals surface area (Å²) in [7, 11) is 1.61. The number of rotatable bonds is 3. The van der Waals surface area contributed by atoms with Crippen LogP contribution in [0.1, 0.15) is 0 Å². The van der Waals surface area contributed by atoms with Crippen molar-refractivity contribution in [3.63, 3.8) is 0 Å². The Hall–Kier alpha value is 0.226. The summed E-state index contributed by atoms with van der Waals surface area (Å²) in [6, 6.07) is 7.90. The summed E-state index contributed by atoms with van der Waals surface area (Å²) in [6.07, 6.45) is 0. The third-order valence-electron chi connectivity index (χ3n) is 1.27. The van der Waals surface area contributed by atoms with Crippen molar-refractivity contribution in [1.29, 1.82) is 0 Å². The van der Waals surface area contributed by atoms with Crippen molar-refractivity contribution in [2.75, 3.05) is 13.9 Å². The van der Waals surface area contributed by atoms with Gasteiger partial charge in [0.1, 0.15) is 0 Å². The van der Waals surface area contributed by atoms with Gasteiger partial charge in [0, 0.05) is 0 Å². The monoisotopic (exact) mass is 240 g/mol. The normalized spacial score (nSPS) is 8.92. The molecule has 1 aromatic carbocycles. The molecule has 0 radical (unpaired) electrons. The summed E-state index contributed by atoms with van der Waals surface area (Å²) < 4.78 is 11.2. The molecule has 0 saturated carbocycles. The number of benzene rings is 1. The van der Waals surface area contributed by atoms with Gasteiger partial charge < -0.3 is 17.0 Å². The van der Waals surface area contributed by atoms with Gasteiger partial charge in [0.25, 0.3) is 0 Å². The summed E-state index contributed by atoms with van der Waals surface area (Å²) in [6.45, 7) is 0.311. The van der Waals surface area contributed by atoms with Crippen molar-refractivity contribution in [2.45, 2.75) is 0 Å². The van der Waals surface area contributed by atoms with Crippen LogP contribution in [0, 0.1) is 0 Å². The van der Waals surface area contributed by atoms with E-state index in [1.54, 1.807) is 7.11 Å². The van der Waals surface area contributed by atoms with Gasteiger partial charge in [-0.05, 0) is 0 Å². The third kappa shape index (κ3) is 4.30. The predicted octanol–water partition coefficient (Wildman–Crippen LogP) is -2.53. The van der Waals surface area contributed by atoms with E-state index in [4.69, 9.17) is 9.47 Å². The van der Waals surface area contributed by atoms with Crippen LogP contribution in [0.2, 0.25) is 0 Å². The summed E-state index contributed by atoms with van der Waals surface area (Å²) >= 11 is 1.85. The maximum absolute atomic E-state index is 5.19. The van der Waals surface area contributed by atoms with Crippen LogP contribution in [-0.4, -0.2) is 35.6 Å². The Morgan fingerprint density at radius 3 is 2.33 bits per heavy atom. The van der Waals surface area contributed by atoms with Crippen LogP contribution < -0.4 is 25.4 Å². The van der Waals surface area contributed by atoms with Crippen LogP contribution in [0.3, 0.4) is 0 Å². The molecule has 0 amide bonds. The Balaban J connectivity index is 0.00000121. The first-order chi connectivity index (χ1) is 5.33. The van der Waals surface area contributed by atoms with Crippen LogP contribution in [0.25, 0.3) is 0 Å². The quantitative estimate of drug-likeness (QED) is 0.429. The second-order valence-electron chi connectivity index (χ2n) is 2.19. The fourth-order valence-corrected chi connectivity index (χ4v) is 0.948. The molecule has 0 unspecified atom stereocenters. The zero-order valence-electron chi connectivity index (χ0n) is 6.92. The maximum atomic E-state index is 5.19. The molecule has 62 valence electrons. The molecule has 0 bridgehead atoms. The van der Waals surface area contributed by atoms with Crippen molar-refractivity contribution in [2.24, 2.45) is 0 Å². The van der Waals surface area contributed by atoms with E-state index in [9.17, 15) is 0 Å². The first-order valence-corrected chi connectivity index (χ1v) is 4.07. The second-order valence-corrected chi connectivity index (χ2v) is 3.01. The molecule has 0 aromatic heterocycles. The molecule has 0 atom stereocenters. The average molecular weight is 241 g/mol. The summed E-state index contributed by atoms with van der Waals surface area (Å²) in [5.41, 5.74) is 0. The Bertz CT molecular complexity index is 213. The van der Waals surface area contributed by atoms with Crippen LogP contribution >= 0.6 is 0 Å². The molecule has 0 spiro atoms. The van der Waals surface area contributed by atoms with Crippen molar-refractivity contribution < 1.29 is 26.5 Å². The molecule has 1 aromatic rings. The van der Waals surface area contributed by atoms with Crippen LogP contribution in [0.4, 0.5) is 0 Å². The van der Waals surface area contributed by atoms with Gasteiger partial charge in [-0.2, -0.15) is 0 Å². The number of halogens is 1. The molecule has 0 aliphatic rings. The minimum atomic E-state index is 0. The van der Waals surface area contributed by atoms with E-state index in [2.05, 4.69) is 0 Å². The van der Waals surface area contributed by atoms with Crippen LogP contribution in [-0.2, 0) is 4.74 Å². The van der Waals surface area contributed by atoms with Gasteiger partial charge >= 0.3 is 78.8 Å². The van der Waals surface area contributed by atoms with Crippen LogP contribution in [0.15, 0.2) is 24.3 Å². The largest absolute Gasteiger partial charge is 1.00 e. The Morgan fingerprint density at radius 2 is 1.83 bits per heavy atom. The number of ether oxygens (including phenoxy) is 2. The van der Waals surface area contributed by atoms with E-state index in [0.29, 0.717) is 6.79 Å². The standard InChI is InChI=1S/C8H9O2.BrH.Mg/c1-9-7-10-8-5-3-2-4-6-8;;/h3-6H,7H2,1H3;1H;/q;;+1/p-1. The third-order valence-corrected chi connectivity index (χ3v) is 1.74. The van der Waals surface area contributed by atoms with Gasteiger partial charge in [0.05, 0.1) is 0 Å². The fraction of sp³-hybridized carbons (Fsp3) is 0.250. The predicted molar refractivity (Wildman–Crippen MR) is 44.3 cm³/mol. The molecule has 0 fully saturated rings. The van der Waals surface area contributed by atoms with Crippen molar-refractivity contribution in [3.8, 4) is 5.75 Å². The molecule has 0 aliphatic carbocycles. The average Bonchev–Trinajstić information content (AvgIpc) is 2.04. The smallest absolute Gasteiger partial charge is 1.00 e. The van der Waals surface area contributed by atoms with Gasteiger partial charge in [-0.15, -0.1) is 0 Å². The zero-order valence-corrected chi connectivity index (χ0v) is 9.92. The van der Waals surface area contributed by atoms with Gasteiger partial charge in [0.2, 0.25) is 0 Å². The molecule has 4 heteroatoms. The molecular formula is C8H9BrMgO2. The fourth-order valence-electron chi connectivity index (χ4n) is 0.713. The molecule has 0 saturated heterocycles. The molecule has 12 heavy (non-hydrogen) atoms. The number of methoxy groups -OCH3 is 1. The van der Waals surface area contributed by atoms with E-state index in [-0.39, 0.29) is 17.0 Å². The molecule has 2 nitrogen and oxygen atoms in total. The van der Waals surface area contributed by atoms with E-state index >= 15 is 0 Å². The molecule has 1 rings (SSSR count). The second kappa shape index (κ2) is 6.71. The van der Waals surface area contributed by atoms with Crippen molar-refractivity contribution >= 4 is 25.4 Å². The van der Waals surface area contributed by atoms with E-state index in [0.717, 1.165) is 5.75 Å². The van der Waals surface area contributed by atoms with E-state index < -0.39 is 0 Å². The first kappa shape index (κ1) is 12.2. The Kier molecular flexibility index (Phi) is 6.84. The van der Waals surface area contributed by atoms with Crippen molar-refractivity contribution in [1.82, 2.24) is 0 Å². The van der Waals surface area contributed by atoms with Crippen LogP contribution in [0.5, 0.6) is 5.75 Å². The first-order valence-electron chi connectivity index (χ1n) is 3.36.